The fraction of sp³-hybridized carbons (Fsp3) is 0.200. The predicted molar refractivity (Wildman–Crippen MR) is 60.6 cm³/mol. The van der Waals surface area contributed by atoms with Crippen LogP contribution in [-0.2, 0) is 15.5 Å². The molecule has 0 heterocycles. The van der Waals surface area contributed by atoms with E-state index in [9.17, 15) is 8.42 Å². The Kier molecular flexibility index (Phi) is 4.17. The smallest absolute Gasteiger partial charge is 0.236 e. The fourth-order valence-electron chi connectivity index (χ4n) is 1.09. The Morgan fingerprint density at radius 1 is 1.33 bits per heavy atom. The summed E-state index contributed by atoms with van der Waals surface area (Å²) < 4.78 is 21.1. The monoisotopic (exact) mass is 246 g/mol. The second kappa shape index (κ2) is 5.19. The molecular formula is C10H11ClO3S. The van der Waals surface area contributed by atoms with Crippen LogP contribution in [0.3, 0.4) is 0 Å². The van der Waals surface area contributed by atoms with Gasteiger partial charge in [0.1, 0.15) is 5.75 Å². The summed E-state index contributed by atoms with van der Waals surface area (Å²) in [5, 5.41) is 9.16. The highest BCUT2D eigenvalue weighted by molar-refractivity contribution is 8.13. The molecule has 1 rings (SSSR count). The normalized spacial score (nSPS) is 12.1. The van der Waals surface area contributed by atoms with E-state index < -0.39 is 9.05 Å². The van der Waals surface area contributed by atoms with E-state index in [-0.39, 0.29) is 11.5 Å². The molecule has 0 saturated heterocycles. The number of hydrogen-bond acceptors (Lipinski definition) is 3. The van der Waals surface area contributed by atoms with Crippen molar-refractivity contribution < 1.29 is 13.5 Å². The molecule has 0 aliphatic heterocycles. The Labute approximate surface area is 93.4 Å². The molecule has 15 heavy (non-hydrogen) atoms. The molecule has 0 fully saturated rings. The van der Waals surface area contributed by atoms with Crippen molar-refractivity contribution in [2.75, 3.05) is 5.75 Å². The molecule has 1 N–H and O–H groups in total. The fourth-order valence-corrected chi connectivity index (χ4v) is 1.67. The summed E-state index contributed by atoms with van der Waals surface area (Å²) >= 11 is 0. The number of phenolic OH excluding ortho intramolecular Hbond substituents is 1. The topological polar surface area (TPSA) is 54.4 Å². The Morgan fingerprint density at radius 2 is 2.07 bits per heavy atom. The van der Waals surface area contributed by atoms with Crippen molar-refractivity contribution in [1.29, 1.82) is 0 Å². The molecule has 0 radical (unpaired) electrons. The first-order valence-electron chi connectivity index (χ1n) is 4.32. The van der Waals surface area contributed by atoms with Crippen LogP contribution >= 0.6 is 10.7 Å². The van der Waals surface area contributed by atoms with Crippen molar-refractivity contribution in [2.24, 2.45) is 0 Å². The summed E-state index contributed by atoms with van der Waals surface area (Å²) in [7, 11) is 1.57. The van der Waals surface area contributed by atoms with Gasteiger partial charge in [0.25, 0.3) is 0 Å². The zero-order chi connectivity index (χ0) is 11.3. The van der Waals surface area contributed by atoms with Gasteiger partial charge in [0.2, 0.25) is 9.05 Å². The van der Waals surface area contributed by atoms with Crippen LogP contribution in [0.15, 0.2) is 36.4 Å². The molecule has 0 aliphatic carbocycles. The maximum Gasteiger partial charge on any atom is 0.236 e. The largest absolute Gasteiger partial charge is 0.508 e. The highest BCUT2D eigenvalue weighted by atomic mass is 35.7. The minimum Gasteiger partial charge on any atom is -0.508 e. The molecule has 0 amide bonds. The van der Waals surface area contributed by atoms with Crippen molar-refractivity contribution in [3.8, 4) is 5.75 Å². The van der Waals surface area contributed by atoms with E-state index in [1.54, 1.807) is 24.3 Å². The van der Waals surface area contributed by atoms with E-state index in [1.165, 1.54) is 6.08 Å². The van der Waals surface area contributed by atoms with Crippen molar-refractivity contribution >= 4 is 19.7 Å². The molecule has 3 nitrogen and oxygen atoms in total. The highest BCUT2D eigenvalue weighted by Crippen LogP contribution is 2.11. The first kappa shape index (κ1) is 12.1. The van der Waals surface area contributed by atoms with E-state index >= 15 is 0 Å². The van der Waals surface area contributed by atoms with Gasteiger partial charge in [0, 0.05) is 10.7 Å². The number of halogens is 1. The maximum atomic E-state index is 10.6. The van der Waals surface area contributed by atoms with E-state index in [4.69, 9.17) is 15.8 Å². The highest BCUT2D eigenvalue weighted by Gasteiger charge is 1.99. The molecule has 0 aliphatic rings. The van der Waals surface area contributed by atoms with Crippen molar-refractivity contribution in [3.05, 3.63) is 42.0 Å². The summed E-state index contributed by atoms with van der Waals surface area (Å²) in [4.78, 5) is 0. The number of benzene rings is 1. The van der Waals surface area contributed by atoms with E-state index in [0.29, 0.717) is 6.42 Å². The number of aromatic hydroxyl groups is 1. The van der Waals surface area contributed by atoms with E-state index in [2.05, 4.69) is 0 Å². The number of allylic oxidation sites excluding steroid dienone is 1. The van der Waals surface area contributed by atoms with Crippen LogP contribution in [0.5, 0.6) is 5.75 Å². The molecule has 0 saturated carbocycles. The molecule has 0 spiro atoms. The summed E-state index contributed by atoms with van der Waals surface area (Å²) in [5.74, 6) is 0.0266. The first-order chi connectivity index (χ1) is 6.97. The van der Waals surface area contributed by atoms with Crippen molar-refractivity contribution in [1.82, 2.24) is 0 Å². The minimum absolute atomic E-state index is 0.173. The predicted octanol–water partition coefficient (Wildman–Crippen LogP) is 2.06. The van der Waals surface area contributed by atoms with Gasteiger partial charge in [-0.15, -0.1) is 0 Å². The summed E-state index contributed by atoms with van der Waals surface area (Å²) in [6.45, 7) is 0. The van der Waals surface area contributed by atoms with Crippen LogP contribution in [0.4, 0.5) is 0 Å². The summed E-state index contributed by atoms with van der Waals surface area (Å²) in [6.07, 6.45) is 3.77. The van der Waals surface area contributed by atoms with Gasteiger partial charge < -0.3 is 5.11 Å². The Hall–Kier alpha value is -1.00. The van der Waals surface area contributed by atoms with Crippen LogP contribution in [0.25, 0.3) is 0 Å². The third-order valence-electron chi connectivity index (χ3n) is 1.73. The zero-order valence-electron chi connectivity index (χ0n) is 7.93. The van der Waals surface area contributed by atoms with Gasteiger partial charge in [-0.1, -0.05) is 24.3 Å². The van der Waals surface area contributed by atoms with Gasteiger partial charge in [0.15, 0.2) is 0 Å². The van der Waals surface area contributed by atoms with Gasteiger partial charge in [-0.25, -0.2) is 8.42 Å². The summed E-state index contributed by atoms with van der Waals surface area (Å²) in [5.41, 5.74) is 0.915. The second-order valence-electron chi connectivity index (χ2n) is 3.05. The van der Waals surface area contributed by atoms with Gasteiger partial charge in [-0.3, -0.25) is 0 Å². The lowest BCUT2D eigenvalue weighted by Gasteiger charge is -1.96. The summed E-state index contributed by atoms with van der Waals surface area (Å²) in [6, 6.07) is 6.78. The molecule has 0 aromatic heterocycles. The number of hydrogen-bond donors (Lipinski definition) is 1. The lowest BCUT2D eigenvalue weighted by Crippen LogP contribution is -1.92. The Bertz CT molecular complexity index is 451. The zero-order valence-corrected chi connectivity index (χ0v) is 9.50. The molecule has 1 aromatic rings. The average Bonchev–Trinajstić information content (AvgIpc) is 2.11. The lowest BCUT2D eigenvalue weighted by molar-refractivity contribution is 0.474. The van der Waals surface area contributed by atoms with E-state index in [0.717, 1.165) is 5.56 Å². The van der Waals surface area contributed by atoms with Crippen LogP contribution in [-0.4, -0.2) is 19.3 Å². The molecule has 0 unspecified atom stereocenters. The minimum atomic E-state index is -3.45. The lowest BCUT2D eigenvalue weighted by atomic mass is 10.1. The van der Waals surface area contributed by atoms with Crippen LogP contribution in [0.1, 0.15) is 5.56 Å². The van der Waals surface area contributed by atoms with Gasteiger partial charge in [-0.2, -0.15) is 0 Å². The third-order valence-corrected chi connectivity index (χ3v) is 2.69. The van der Waals surface area contributed by atoms with Gasteiger partial charge >= 0.3 is 0 Å². The van der Waals surface area contributed by atoms with Gasteiger partial charge in [-0.05, 0) is 24.1 Å². The average molecular weight is 247 g/mol. The van der Waals surface area contributed by atoms with E-state index in [1.807, 2.05) is 6.07 Å². The quantitative estimate of drug-likeness (QED) is 0.654. The van der Waals surface area contributed by atoms with Crippen LogP contribution < -0.4 is 0 Å². The van der Waals surface area contributed by atoms with Crippen molar-refractivity contribution in [2.45, 2.75) is 6.42 Å². The molecule has 0 atom stereocenters. The molecular weight excluding hydrogens is 236 g/mol. The Morgan fingerprint density at radius 3 is 2.67 bits per heavy atom. The standard InChI is InChI=1S/C10H11ClO3S/c11-15(13,14)7-2-1-4-9-5-3-6-10(12)8-9/h1-3,5-6,8,12H,4,7H2/b2-1-. The molecule has 0 bridgehead atoms. The second-order valence-corrected chi connectivity index (χ2v) is 5.87. The molecule has 5 heteroatoms. The van der Waals surface area contributed by atoms with Crippen molar-refractivity contribution in [3.63, 3.8) is 0 Å². The third kappa shape index (κ3) is 5.44. The SMILES string of the molecule is O=S(=O)(Cl)C/C=C\Cc1cccc(O)c1. The first-order valence-corrected chi connectivity index (χ1v) is 6.80. The maximum absolute atomic E-state index is 10.6. The molecule has 1 aromatic carbocycles. The van der Waals surface area contributed by atoms with Gasteiger partial charge in [0.05, 0.1) is 5.75 Å². The Balaban J connectivity index is 2.51. The van der Waals surface area contributed by atoms with Crippen LogP contribution in [0, 0.1) is 0 Å². The number of rotatable bonds is 4. The van der Waals surface area contributed by atoms with Crippen LogP contribution in [0.2, 0.25) is 0 Å². The number of phenols is 1. The molecule has 82 valence electrons.